The zero-order valence-electron chi connectivity index (χ0n) is 8.69. The van der Waals surface area contributed by atoms with E-state index in [0.717, 1.165) is 5.03 Å². The van der Waals surface area contributed by atoms with Crippen LogP contribution >= 0.6 is 11.8 Å². The Morgan fingerprint density at radius 2 is 2.29 bits per heavy atom. The van der Waals surface area contributed by atoms with Crippen molar-refractivity contribution in [1.82, 2.24) is 4.98 Å². The van der Waals surface area contributed by atoms with E-state index in [4.69, 9.17) is 9.47 Å². The van der Waals surface area contributed by atoms with Gasteiger partial charge in [-0.25, -0.2) is 4.98 Å². The molecule has 4 heteroatoms. The molecule has 1 atom stereocenters. The SMILES string of the molecule is COC(C)COc1cccc(SC)n1. The first kappa shape index (κ1) is 11.3. The minimum absolute atomic E-state index is 0.0923. The zero-order valence-corrected chi connectivity index (χ0v) is 9.50. The van der Waals surface area contributed by atoms with E-state index in [1.165, 1.54) is 0 Å². The molecule has 0 aliphatic carbocycles. The van der Waals surface area contributed by atoms with E-state index in [2.05, 4.69) is 4.98 Å². The minimum Gasteiger partial charge on any atom is -0.475 e. The first-order valence-electron chi connectivity index (χ1n) is 4.43. The normalized spacial score (nSPS) is 12.5. The van der Waals surface area contributed by atoms with Crippen LogP contribution in [0.5, 0.6) is 5.88 Å². The highest BCUT2D eigenvalue weighted by molar-refractivity contribution is 7.98. The molecule has 0 aromatic carbocycles. The van der Waals surface area contributed by atoms with E-state index in [-0.39, 0.29) is 6.10 Å². The van der Waals surface area contributed by atoms with Crippen molar-refractivity contribution in [3.63, 3.8) is 0 Å². The second kappa shape index (κ2) is 5.88. The lowest BCUT2D eigenvalue weighted by Gasteiger charge is -2.10. The molecule has 3 nitrogen and oxygen atoms in total. The van der Waals surface area contributed by atoms with Crippen LogP contribution in [0.15, 0.2) is 23.2 Å². The minimum atomic E-state index is 0.0923. The molecule has 1 aromatic heterocycles. The highest BCUT2D eigenvalue weighted by Crippen LogP contribution is 2.15. The molecule has 0 saturated carbocycles. The molecular weight excluding hydrogens is 198 g/mol. The zero-order chi connectivity index (χ0) is 10.4. The molecule has 14 heavy (non-hydrogen) atoms. The van der Waals surface area contributed by atoms with Gasteiger partial charge in [-0.1, -0.05) is 6.07 Å². The average Bonchev–Trinajstić information content (AvgIpc) is 2.26. The van der Waals surface area contributed by atoms with Gasteiger partial charge in [-0.2, -0.15) is 0 Å². The summed E-state index contributed by atoms with van der Waals surface area (Å²) in [6.07, 6.45) is 2.08. The van der Waals surface area contributed by atoms with E-state index in [1.54, 1.807) is 18.9 Å². The first-order valence-corrected chi connectivity index (χ1v) is 5.65. The Bertz CT molecular complexity index is 281. The van der Waals surface area contributed by atoms with Gasteiger partial charge in [0.2, 0.25) is 5.88 Å². The van der Waals surface area contributed by atoms with Crippen LogP contribution in [-0.4, -0.2) is 31.1 Å². The number of pyridine rings is 1. The summed E-state index contributed by atoms with van der Waals surface area (Å²) in [5, 5.41) is 0.965. The van der Waals surface area contributed by atoms with Crippen LogP contribution in [0.4, 0.5) is 0 Å². The number of rotatable bonds is 5. The summed E-state index contributed by atoms with van der Waals surface area (Å²) in [6, 6.07) is 5.74. The summed E-state index contributed by atoms with van der Waals surface area (Å²) in [7, 11) is 1.67. The molecule has 1 aromatic rings. The number of thioether (sulfide) groups is 1. The van der Waals surface area contributed by atoms with E-state index < -0.39 is 0 Å². The highest BCUT2D eigenvalue weighted by Gasteiger charge is 2.02. The molecule has 0 aliphatic rings. The summed E-state index contributed by atoms with van der Waals surface area (Å²) in [5.74, 6) is 0.653. The van der Waals surface area contributed by atoms with Gasteiger partial charge in [-0.3, -0.25) is 0 Å². The maximum Gasteiger partial charge on any atom is 0.214 e. The van der Waals surface area contributed by atoms with Crippen molar-refractivity contribution in [3.8, 4) is 5.88 Å². The quantitative estimate of drug-likeness (QED) is 0.702. The van der Waals surface area contributed by atoms with E-state index >= 15 is 0 Å². The lowest BCUT2D eigenvalue weighted by Crippen LogP contribution is -2.16. The van der Waals surface area contributed by atoms with Gasteiger partial charge >= 0.3 is 0 Å². The van der Waals surface area contributed by atoms with Gasteiger partial charge in [0.15, 0.2) is 0 Å². The fourth-order valence-corrected chi connectivity index (χ4v) is 1.26. The van der Waals surface area contributed by atoms with Gasteiger partial charge in [-0.15, -0.1) is 11.8 Å². The lowest BCUT2D eigenvalue weighted by molar-refractivity contribution is 0.0697. The number of ether oxygens (including phenoxy) is 2. The topological polar surface area (TPSA) is 31.4 Å². The van der Waals surface area contributed by atoms with Crippen molar-refractivity contribution in [3.05, 3.63) is 18.2 Å². The Morgan fingerprint density at radius 3 is 2.93 bits per heavy atom. The van der Waals surface area contributed by atoms with Crippen LogP contribution in [0.1, 0.15) is 6.92 Å². The lowest BCUT2D eigenvalue weighted by atomic mass is 10.4. The number of aromatic nitrogens is 1. The molecule has 1 unspecified atom stereocenters. The Kier molecular flexibility index (Phi) is 4.76. The van der Waals surface area contributed by atoms with Crippen LogP contribution in [0.25, 0.3) is 0 Å². The van der Waals surface area contributed by atoms with E-state index in [0.29, 0.717) is 12.5 Å². The third-order valence-electron chi connectivity index (χ3n) is 1.78. The van der Waals surface area contributed by atoms with Crippen LogP contribution in [0.2, 0.25) is 0 Å². The summed E-state index contributed by atoms with van der Waals surface area (Å²) in [6.45, 7) is 2.49. The molecule has 0 N–H and O–H groups in total. The number of methoxy groups -OCH3 is 1. The maximum absolute atomic E-state index is 5.45. The molecule has 0 fully saturated rings. The van der Waals surface area contributed by atoms with Gasteiger partial charge in [0.1, 0.15) is 6.61 Å². The molecule has 0 bridgehead atoms. The monoisotopic (exact) mass is 213 g/mol. The maximum atomic E-state index is 5.45. The second-order valence-electron chi connectivity index (χ2n) is 2.88. The number of hydrogen-bond acceptors (Lipinski definition) is 4. The third kappa shape index (κ3) is 3.55. The van der Waals surface area contributed by atoms with Crippen molar-refractivity contribution in [2.24, 2.45) is 0 Å². The molecule has 78 valence electrons. The van der Waals surface area contributed by atoms with Crippen molar-refractivity contribution in [2.45, 2.75) is 18.1 Å². The standard InChI is InChI=1S/C10H15NO2S/c1-8(12-2)7-13-9-5-4-6-10(11-9)14-3/h4-6,8H,7H2,1-3H3. The van der Waals surface area contributed by atoms with Crippen LogP contribution in [-0.2, 0) is 4.74 Å². The van der Waals surface area contributed by atoms with Gasteiger partial charge in [0.25, 0.3) is 0 Å². The number of nitrogens with zero attached hydrogens (tertiary/aromatic N) is 1. The second-order valence-corrected chi connectivity index (χ2v) is 3.70. The molecule has 0 saturated heterocycles. The Morgan fingerprint density at radius 1 is 1.50 bits per heavy atom. The van der Waals surface area contributed by atoms with E-state index in [9.17, 15) is 0 Å². The summed E-state index contributed by atoms with van der Waals surface area (Å²) in [4.78, 5) is 4.28. The van der Waals surface area contributed by atoms with Crippen LogP contribution in [0, 0.1) is 0 Å². The van der Waals surface area contributed by atoms with Crippen LogP contribution in [0.3, 0.4) is 0 Å². The molecule has 0 aliphatic heterocycles. The molecule has 0 spiro atoms. The third-order valence-corrected chi connectivity index (χ3v) is 2.42. The Balaban J connectivity index is 2.50. The summed E-state index contributed by atoms with van der Waals surface area (Å²) in [5.41, 5.74) is 0. The molecule has 0 amide bonds. The van der Waals surface area contributed by atoms with Crippen molar-refractivity contribution >= 4 is 11.8 Å². The van der Waals surface area contributed by atoms with Crippen molar-refractivity contribution < 1.29 is 9.47 Å². The fraction of sp³-hybridized carbons (Fsp3) is 0.500. The van der Waals surface area contributed by atoms with Gasteiger partial charge in [0, 0.05) is 13.2 Å². The summed E-state index contributed by atoms with van der Waals surface area (Å²) < 4.78 is 10.5. The average molecular weight is 213 g/mol. The van der Waals surface area contributed by atoms with Crippen LogP contribution < -0.4 is 4.74 Å². The Labute approximate surface area is 88.8 Å². The fourth-order valence-electron chi connectivity index (χ4n) is 0.861. The van der Waals surface area contributed by atoms with Crippen molar-refractivity contribution in [1.29, 1.82) is 0 Å². The molecular formula is C10H15NO2S. The van der Waals surface area contributed by atoms with Gasteiger partial charge in [-0.05, 0) is 19.2 Å². The predicted molar refractivity (Wildman–Crippen MR) is 58.0 cm³/mol. The predicted octanol–water partition coefficient (Wildman–Crippen LogP) is 2.22. The smallest absolute Gasteiger partial charge is 0.214 e. The van der Waals surface area contributed by atoms with Crippen molar-refractivity contribution in [2.75, 3.05) is 20.0 Å². The summed E-state index contributed by atoms with van der Waals surface area (Å²) >= 11 is 1.60. The van der Waals surface area contributed by atoms with Gasteiger partial charge < -0.3 is 9.47 Å². The van der Waals surface area contributed by atoms with E-state index in [1.807, 2.05) is 31.4 Å². The first-order chi connectivity index (χ1) is 6.76. The largest absolute Gasteiger partial charge is 0.475 e. The molecule has 1 heterocycles. The number of hydrogen-bond donors (Lipinski definition) is 0. The molecule has 1 rings (SSSR count). The highest BCUT2D eigenvalue weighted by atomic mass is 32.2. The van der Waals surface area contributed by atoms with Gasteiger partial charge in [0.05, 0.1) is 11.1 Å². The Hall–Kier alpha value is -0.740. The molecule has 0 radical (unpaired) electrons.